The molecular weight excluding hydrogens is 200 g/mol. The van der Waals surface area contributed by atoms with Crippen molar-refractivity contribution in [3.05, 3.63) is 29.3 Å². The topological polar surface area (TPSA) is 55.1 Å². The van der Waals surface area contributed by atoms with Crippen molar-refractivity contribution in [3.8, 4) is 0 Å². The van der Waals surface area contributed by atoms with Gasteiger partial charge in [-0.1, -0.05) is 25.8 Å². The van der Waals surface area contributed by atoms with Crippen LogP contribution >= 0.6 is 0 Å². The van der Waals surface area contributed by atoms with Crippen LogP contribution in [0.25, 0.3) is 0 Å². The van der Waals surface area contributed by atoms with Crippen LogP contribution in [0.4, 0.5) is 5.69 Å². The molecule has 3 nitrogen and oxygen atoms in total. The van der Waals surface area contributed by atoms with Crippen LogP contribution in [0.5, 0.6) is 0 Å². The summed E-state index contributed by atoms with van der Waals surface area (Å²) in [4.78, 5) is 11.8. The summed E-state index contributed by atoms with van der Waals surface area (Å²) < 4.78 is 0. The van der Waals surface area contributed by atoms with E-state index in [1.165, 1.54) is 0 Å². The first-order valence-electron chi connectivity index (χ1n) is 5.80. The molecule has 16 heavy (non-hydrogen) atoms. The number of rotatable bonds is 5. The number of hydrogen-bond acceptors (Lipinski definition) is 2. The third-order valence-electron chi connectivity index (χ3n) is 2.69. The van der Waals surface area contributed by atoms with Crippen LogP contribution in [0.15, 0.2) is 18.2 Å². The number of nitrogen functional groups attached to an aromatic ring is 1. The lowest BCUT2D eigenvalue weighted by Gasteiger charge is -2.08. The first kappa shape index (κ1) is 12.6. The molecule has 0 aliphatic heterocycles. The van der Waals surface area contributed by atoms with E-state index < -0.39 is 0 Å². The highest BCUT2D eigenvalue weighted by Crippen LogP contribution is 2.15. The van der Waals surface area contributed by atoms with E-state index in [-0.39, 0.29) is 5.91 Å². The van der Waals surface area contributed by atoms with E-state index in [0.29, 0.717) is 11.3 Å². The van der Waals surface area contributed by atoms with Gasteiger partial charge in [-0.2, -0.15) is 0 Å². The molecule has 1 aromatic carbocycles. The summed E-state index contributed by atoms with van der Waals surface area (Å²) in [5.74, 6) is -0.0269. The number of carbonyl (C=O) groups excluding carboxylic acids is 1. The second-order valence-electron chi connectivity index (χ2n) is 3.98. The van der Waals surface area contributed by atoms with Gasteiger partial charge < -0.3 is 11.1 Å². The molecule has 0 unspecified atom stereocenters. The molecule has 0 atom stereocenters. The molecule has 0 aromatic heterocycles. The minimum Gasteiger partial charge on any atom is -0.398 e. The molecule has 3 N–H and O–H groups in total. The lowest BCUT2D eigenvalue weighted by molar-refractivity contribution is 0.0952. The van der Waals surface area contributed by atoms with Crippen LogP contribution < -0.4 is 11.1 Å². The molecule has 0 heterocycles. The standard InChI is InChI=1S/C13H20N2O/c1-3-4-5-9-15-13(16)11-7-6-8-12(14)10(11)2/h6-8H,3-5,9,14H2,1-2H3,(H,15,16). The molecular formula is C13H20N2O. The van der Waals surface area contributed by atoms with Gasteiger partial charge in [0, 0.05) is 17.8 Å². The van der Waals surface area contributed by atoms with E-state index in [1.54, 1.807) is 6.07 Å². The van der Waals surface area contributed by atoms with E-state index in [1.807, 2.05) is 19.1 Å². The maximum atomic E-state index is 11.8. The first-order chi connectivity index (χ1) is 7.66. The largest absolute Gasteiger partial charge is 0.398 e. The summed E-state index contributed by atoms with van der Waals surface area (Å²) >= 11 is 0. The van der Waals surface area contributed by atoms with Crippen molar-refractivity contribution in [2.45, 2.75) is 33.1 Å². The molecule has 0 aliphatic carbocycles. The summed E-state index contributed by atoms with van der Waals surface area (Å²) in [6.45, 7) is 4.75. The maximum Gasteiger partial charge on any atom is 0.251 e. The van der Waals surface area contributed by atoms with Gasteiger partial charge in [-0.05, 0) is 31.0 Å². The van der Waals surface area contributed by atoms with Gasteiger partial charge in [0.1, 0.15) is 0 Å². The number of benzene rings is 1. The van der Waals surface area contributed by atoms with Crippen molar-refractivity contribution < 1.29 is 4.79 Å². The molecule has 1 aromatic rings. The average molecular weight is 220 g/mol. The second kappa shape index (κ2) is 6.16. The Kier molecular flexibility index (Phi) is 4.83. The zero-order valence-corrected chi connectivity index (χ0v) is 10.0. The van der Waals surface area contributed by atoms with Crippen molar-refractivity contribution in [1.29, 1.82) is 0 Å². The minimum atomic E-state index is -0.0269. The number of unbranched alkanes of at least 4 members (excludes halogenated alkanes) is 2. The fourth-order valence-corrected chi connectivity index (χ4v) is 1.57. The highest BCUT2D eigenvalue weighted by atomic mass is 16.1. The predicted octanol–water partition coefficient (Wildman–Crippen LogP) is 2.50. The quantitative estimate of drug-likeness (QED) is 0.591. The lowest BCUT2D eigenvalue weighted by Crippen LogP contribution is -2.25. The number of hydrogen-bond donors (Lipinski definition) is 2. The Morgan fingerprint density at radius 3 is 2.81 bits per heavy atom. The zero-order chi connectivity index (χ0) is 12.0. The SMILES string of the molecule is CCCCCNC(=O)c1cccc(N)c1C. The average Bonchev–Trinajstić information content (AvgIpc) is 2.28. The van der Waals surface area contributed by atoms with Gasteiger partial charge in [-0.15, -0.1) is 0 Å². The molecule has 1 rings (SSSR count). The molecule has 1 amide bonds. The van der Waals surface area contributed by atoms with E-state index >= 15 is 0 Å². The Labute approximate surface area is 97.0 Å². The fraction of sp³-hybridized carbons (Fsp3) is 0.462. The number of amides is 1. The van der Waals surface area contributed by atoms with Crippen molar-refractivity contribution in [1.82, 2.24) is 5.32 Å². The van der Waals surface area contributed by atoms with Gasteiger partial charge in [-0.3, -0.25) is 4.79 Å². The van der Waals surface area contributed by atoms with Gasteiger partial charge in [0.05, 0.1) is 0 Å². The summed E-state index contributed by atoms with van der Waals surface area (Å²) in [6, 6.07) is 5.42. The van der Waals surface area contributed by atoms with Gasteiger partial charge >= 0.3 is 0 Å². The predicted molar refractivity (Wildman–Crippen MR) is 67.4 cm³/mol. The monoisotopic (exact) mass is 220 g/mol. The Hall–Kier alpha value is -1.51. The number of nitrogens with two attached hydrogens (primary N) is 1. The van der Waals surface area contributed by atoms with Crippen molar-refractivity contribution in [2.24, 2.45) is 0 Å². The molecule has 0 radical (unpaired) electrons. The maximum absolute atomic E-state index is 11.8. The van der Waals surface area contributed by atoms with Crippen LogP contribution in [0.1, 0.15) is 42.1 Å². The van der Waals surface area contributed by atoms with Crippen LogP contribution in [0.2, 0.25) is 0 Å². The van der Waals surface area contributed by atoms with Crippen molar-refractivity contribution in [3.63, 3.8) is 0 Å². The van der Waals surface area contributed by atoms with Crippen LogP contribution in [0, 0.1) is 6.92 Å². The molecule has 3 heteroatoms. The van der Waals surface area contributed by atoms with E-state index in [2.05, 4.69) is 12.2 Å². The normalized spacial score (nSPS) is 10.1. The molecule has 0 aliphatic rings. The number of anilines is 1. The van der Waals surface area contributed by atoms with E-state index in [9.17, 15) is 4.79 Å². The number of nitrogens with one attached hydrogen (secondary N) is 1. The molecule has 0 fully saturated rings. The van der Waals surface area contributed by atoms with Gasteiger partial charge in [-0.25, -0.2) is 0 Å². The van der Waals surface area contributed by atoms with Gasteiger partial charge in [0.2, 0.25) is 0 Å². The Balaban J connectivity index is 2.56. The summed E-state index contributed by atoms with van der Waals surface area (Å²) in [6.07, 6.45) is 3.34. The van der Waals surface area contributed by atoms with E-state index in [4.69, 9.17) is 5.73 Å². The number of carbonyl (C=O) groups is 1. The Morgan fingerprint density at radius 1 is 1.38 bits per heavy atom. The van der Waals surface area contributed by atoms with Gasteiger partial charge in [0.15, 0.2) is 0 Å². The fourth-order valence-electron chi connectivity index (χ4n) is 1.57. The van der Waals surface area contributed by atoms with Gasteiger partial charge in [0.25, 0.3) is 5.91 Å². The second-order valence-corrected chi connectivity index (χ2v) is 3.98. The first-order valence-corrected chi connectivity index (χ1v) is 5.80. The zero-order valence-electron chi connectivity index (χ0n) is 10.0. The van der Waals surface area contributed by atoms with Crippen LogP contribution in [0.3, 0.4) is 0 Å². The Bertz CT molecular complexity index is 361. The lowest BCUT2D eigenvalue weighted by atomic mass is 10.1. The third kappa shape index (κ3) is 3.26. The van der Waals surface area contributed by atoms with Crippen molar-refractivity contribution in [2.75, 3.05) is 12.3 Å². The van der Waals surface area contributed by atoms with Crippen molar-refractivity contribution >= 4 is 11.6 Å². The van der Waals surface area contributed by atoms with E-state index in [0.717, 1.165) is 31.4 Å². The van der Waals surface area contributed by atoms with Crippen LogP contribution in [-0.4, -0.2) is 12.5 Å². The molecule has 0 saturated carbocycles. The third-order valence-corrected chi connectivity index (χ3v) is 2.69. The highest BCUT2D eigenvalue weighted by molar-refractivity contribution is 5.96. The minimum absolute atomic E-state index is 0.0269. The molecule has 88 valence electrons. The molecule has 0 saturated heterocycles. The summed E-state index contributed by atoms with van der Waals surface area (Å²) in [5.41, 5.74) is 7.96. The Morgan fingerprint density at radius 2 is 2.12 bits per heavy atom. The van der Waals surface area contributed by atoms with Crippen LogP contribution in [-0.2, 0) is 0 Å². The molecule has 0 bridgehead atoms. The summed E-state index contributed by atoms with van der Waals surface area (Å²) in [5, 5.41) is 2.91. The summed E-state index contributed by atoms with van der Waals surface area (Å²) in [7, 11) is 0. The molecule has 0 spiro atoms. The highest BCUT2D eigenvalue weighted by Gasteiger charge is 2.09. The smallest absolute Gasteiger partial charge is 0.251 e.